The van der Waals surface area contributed by atoms with Gasteiger partial charge in [-0.15, -0.1) is 0 Å². The predicted octanol–water partition coefficient (Wildman–Crippen LogP) is 3.49. The van der Waals surface area contributed by atoms with Gasteiger partial charge >= 0.3 is 5.97 Å². The van der Waals surface area contributed by atoms with Gasteiger partial charge in [0.05, 0.1) is 15.4 Å². The fraction of sp³-hybridized carbons (Fsp3) is 0. The molecule has 0 aliphatic rings. The molecule has 8 heteroatoms. The highest BCUT2D eigenvalue weighted by atomic mass is 35.5. The zero-order valence-electron chi connectivity index (χ0n) is 9.82. The third-order valence-corrected chi connectivity index (χ3v) is 3.68. The molecule has 2 rings (SSSR count). The highest BCUT2D eigenvalue weighted by Crippen LogP contribution is 2.37. The van der Waals surface area contributed by atoms with Crippen LogP contribution in [-0.4, -0.2) is 21.0 Å². The number of carboxylic acids is 1. The Morgan fingerprint density at radius 1 is 1.35 bits per heavy atom. The molecule has 0 saturated carbocycles. The number of nitro groups is 1. The van der Waals surface area contributed by atoms with Crippen LogP contribution in [0.5, 0.6) is 0 Å². The summed E-state index contributed by atoms with van der Waals surface area (Å²) in [5.74, 6) is -1.13. The zero-order valence-corrected chi connectivity index (χ0v) is 11.4. The third-order valence-electron chi connectivity index (χ3n) is 2.35. The van der Waals surface area contributed by atoms with Crippen molar-refractivity contribution in [3.8, 4) is 0 Å². The number of carbonyl (C=O) groups is 1. The topological polar surface area (TPSA) is 93.3 Å². The van der Waals surface area contributed by atoms with Gasteiger partial charge in [-0.2, -0.15) is 0 Å². The van der Waals surface area contributed by atoms with Crippen LogP contribution in [0.4, 0.5) is 5.69 Å². The Kier molecular flexibility index (Phi) is 4.21. The number of rotatable bonds is 4. The van der Waals surface area contributed by atoms with E-state index in [1.54, 1.807) is 0 Å². The summed E-state index contributed by atoms with van der Waals surface area (Å²) in [4.78, 5) is 25.9. The molecule has 0 spiro atoms. The number of carboxylic acid groups (broad SMARTS) is 1. The second-order valence-electron chi connectivity index (χ2n) is 3.65. The van der Waals surface area contributed by atoms with Crippen molar-refractivity contribution in [2.75, 3.05) is 0 Å². The van der Waals surface area contributed by atoms with Crippen molar-refractivity contribution >= 4 is 35.0 Å². The second kappa shape index (κ2) is 5.89. The average Bonchev–Trinajstić information content (AvgIpc) is 2.38. The first kappa shape index (κ1) is 14.3. The number of aromatic carboxylic acids is 1. The van der Waals surface area contributed by atoms with Crippen molar-refractivity contribution in [2.45, 2.75) is 9.79 Å². The average molecular weight is 311 g/mol. The Bertz CT molecular complexity index is 693. The Balaban J connectivity index is 2.47. The highest BCUT2D eigenvalue weighted by molar-refractivity contribution is 7.99. The van der Waals surface area contributed by atoms with Gasteiger partial charge in [0.2, 0.25) is 0 Å². The van der Waals surface area contributed by atoms with Gasteiger partial charge in [0.15, 0.2) is 0 Å². The smallest absolute Gasteiger partial charge is 0.336 e. The van der Waals surface area contributed by atoms with Crippen LogP contribution in [0.15, 0.2) is 46.5 Å². The molecule has 1 N–H and O–H groups in total. The van der Waals surface area contributed by atoms with Crippen LogP contribution in [0.2, 0.25) is 5.02 Å². The summed E-state index contributed by atoms with van der Waals surface area (Å²) in [5.41, 5.74) is -0.112. The van der Waals surface area contributed by atoms with Crippen molar-refractivity contribution in [3.05, 3.63) is 57.4 Å². The summed E-state index contributed by atoms with van der Waals surface area (Å²) >= 11 is 6.76. The van der Waals surface area contributed by atoms with Crippen LogP contribution in [0.1, 0.15) is 10.4 Å². The number of hydrogen-bond donors (Lipinski definition) is 1. The molecule has 0 bridgehead atoms. The van der Waals surface area contributed by atoms with E-state index in [9.17, 15) is 14.9 Å². The summed E-state index contributed by atoms with van der Waals surface area (Å²) in [6, 6.07) is 5.44. The van der Waals surface area contributed by atoms with Crippen molar-refractivity contribution in [3.63, 3.8) is 0 Å². The third kappa shape index (κ3) is 3.06. The van der Waals surface area contributed by atoms with E-state index in [0.29, 0.717) is 9.92 Å². The Hall–Kier alpha value is -2.12. The lowest BCUT2D eigenvalue weighted by molar-refractivity contribution is -0.387. The number of hydrogen-bond acceptors (Lipinski definition) is 5. The van der Waals surface area contributed by atoms with Crippen LogP contribution in [0.25, 0.3) is 0 Å². The van der Waals surface area contributed by atoms with Crippen LogP contribution < -0.4 is 0 Å². The molecular formula is C12H7ClN2O4S. The first-order valence-corrected chi connectivity index (χ1v) is 6.47. The van der Waals surface area contributed by atoms with Gasteiger partial charge in [-0.25, -0.2) is 4.79 Å². The minimum Gasteiger partial charge on any atom is -0.478 e. The zero-order chi connectivity index (χ0) is 14.7. The largest absolute Gasteiger partial charge is 0.478 e. The minimum absolute atomic E-state index is 0.0271. The molecule has 1 aromatic carbocycles. The Morgan fingerprint density at radius 3 is 2.75 bits per heavy atom. The van der Waals surface area contributed by atoms with E-state index in [4.69, 9.17) is 16.7 Å². The molecule has 1 heterocycles. The van der Waals surface area contributed by atoms with Crippen molar-refractivity contribution < 1.29 is 14.8 Å². The molecule has 0 aliphatic heterocycles. The van der Waals surface area contributed by atoms with Gasteiger partial charge in [0.1, 0.15) is 0 Å². The van der Waals surface area contributed by atoms with Crippen molar-refractivity contribution in [1.29, 1.82) is 0 Å². The van der Waals surface area contributed by atoms with Crippen LogP contribution in [0.3, 0.4) is 0 Å². The molecule has 0 saturated heterocycles. The molecule has 6 nitrogen and oxygen atoms in total. The number of benzene rings is 1. The number of aromatic nitrogens is 1. The van der Waals surface area contributed by atoms with E-state index >= 15 is 0 Å². The second-order valence-corrected chi connectivity index (χ2v) is 5.17. The molecule has 0 fully saturated rings. The van der Waals surface area contributed by atoms with Gasteiger partial charge < -0.3 is 5.11 Å². The summed E-state index contributed by atoms with van der Waals surface area (Å²) in [5, 5.41) is 20.4. The summed E-state index contributed by atoms with van der Waals surface area (Å²) in [6.45, 7) is 0. The molecular weight excluding hydrogens is 304 g/mol. The van der Waals surface area contributed by atoms with Gasteiger partial charge in [-0.05, 0) is 18.2 Å². The van der Waals surface area contributed by atoms with E-state index in [0.717, 1.165) is 11.8 Å². The molecule has 0 aliphatic carbocycles. The summed E-state index contributed by atoms with van der Waals surface area (Å²) in [6.07, 6.45) is 2.69. The molecule has 0 amide bonds. The lowest BCUT2D eigenvalue weighted by Crippen LogP contribution is -1.99. The lowest BCUT2D eigenvalue weighted by atomic mass is 10.3. The minimum atomic E-state index is -1.13. The van der Waals surface area contributed by atoms with E-state index < -0.39 is 10.9 Å². The summed E-state index contributed by atoms with van der Waals surface area (Å²) in [7, 11) is 0. The van der Waals surface area contributed by atoms with Gasteiger partial charge in [0, 0.05) is 28.4 Å². The molecule has 0 atom stereocenters. The maximum absolute atomic E-state index is 11.1. The molecule has 102 valence electrons. The quantitative estimate of drug-likeness (QED) is 0.686. The van der Waals surface area contributed by atoms with E-state index in [1.807, 2.05) is 0 Å². The van der Waals surface area contributed by atoms with E-state index in [-0.39, 0.29) is 16.1 Å². The SMILES string of the molecule is O=C(O)c1ccncc1Sc1cc(Cl)ccc1[N+](=O)[O-]. The summed E-state index contributed by atoms with van der Waals surface area (Å²) < 4.78 is 0. The van der Waals surface area contributed by atoms with E-state index in [1.165, 1.54) is 36.7 Å². The first-order chi connectivity index (χ1) is 9.49. The molecule has 0 radical (unpaired) electrons. The Morgan fingerprint density at radius 2 is 2.10 bits per heavy atom. The monoisotopic (exact) mass is 310 g/mol. The number of pyridine rings is 1. The maximum Gasteiger partial charge on any atom is 0.336 e. The molecule has 1 aromatic heterocycles. The van der Waals surface area contributed by atoms with Crippen LogP contribution >= 0.6 is 23.4 Å². The number of nitro benzene ring substituents is 1. The molecule has 0 unspecified atom stereocenters. The van der Waals surface area contributed by atoms with Crippen LogP contribution in [-0.2, 0) is 0 Å². The fourth-order valence-electron chi connectivity index (χ4n) is 1.48. The van der Waals surface area contributed by atoms with Gasteiger partial charge in [-0.1, -0.05) is 23.4 Å². The highest BCUT2D eigenvalue weighted by Gasteiger charge is 2.18. The standard InChI is InChI=1S/C12H7ClN2O4S/c13-7-1-2-9(15(18)19)10(5-7)20-11-6-14-4-3-8(11)12(16)17/h1-6H,(H,16,17). The molecule has 20 heavy (non-hydrogen) atoms. The number of nitrogens with zero attached hydrogens (tertiary/aromatic N) is 2. The number of halogens is 1. The maximum atomic E-state index is 11.1. The fourth-order valence-corrected chi connectivity index (χ4v) is 2.76. The Labute approximate surface area is 122 Å². The predicted molar refractivity (Wildman–Crippen MR) is 73.4 cm³/mol. The van der Waals surface area contributed by atoms with Gasteiger partial charge in [0.25, 0.3) is 5.69 Å². The van der Waals surface area contributed by atoms with E-state index in [2.05, 4.69) is 4.98 Å². The first-order valence-electron chi connectivity index (χ1n) is 5.28. The lowest BCUT2D eigenvalue weighted by Gasteiger charge is -2.06. The molecule has 2 aromatic rings. The normalized spacial score (nSPS) is 10.2. The van der Waals surface area contributed by atoms with Gasteiger partial charge in [-0.3, -0.25) is 15.1 Å². The van der Waals surface area contributed by atoms with Crippen LogP contribution in [0, 0.1) is 10.1 Å². The van der Waals surface area contributed by atoms with Crippen molar-refractivity contribution in [1.82, 2.24) is 4.98 Å². The van der Waals surface area contributed by atoms with Crippen molar-refractivity contribution in [2.24, 2.45) is 0 Å².